The molecule has 0 aromatic heterocycles. The van der Waals surface area contributed by atoms with Gasteiger partial charge in [0.05, 0.1) is 12.0 Å². The summed E-state index contributed by atoms with van der Waals surface area (Å²) in [5.41, 5.74) is 0. The molecule has 0 bridgehead atoms. The molecule has 0 N–H and O–H groups in total. The normalized spacial score (nSPS) is 11.5. The summed E-state index contributed by atoms with van der Waals surface area (Å²) in [7, 11) is 0. The molecule has 0 fully saturated rings. The van der Waals surface area contributed by atoms with Crippen molar-refractivity contribution in [2.24, 2.45) is 5.92 Å². The molecule has 1 unspecified atom stereocenters. The van der Waals surface area contributed by atoms with Crippen LogP contribution in [0.5, 0.6) is 5.75 Å². The van der Waals surface area contributed by atoms with Crippen molar-refractivity contribution in [1.29, 1.82) is 5.26 Å². The van der Waals surface area contributed by atoms with Crippen LogP contribution < -0.4 is 4.74 Å². The third-order valence-corrected chi connectivity index (χ3v) is 2.61. The average Bonchev–Trinajstić information content (AvgIpc) is 2.41. The van der Waals surface area contributed by atoms with Gasteiger partial charge in [0.15, 0.2) is 6.61 Å². The molecular weight excluding hydrogens is 247 g/mol. The summed E-state index contributed by atoms with van der Waals surface area (Å²) < 4.78 is 18.2. The van der Waals surface area contributed by atoms with Crippen LogP contribution in [0.4, 0.5) is 4.39 Å². The van der Waals surface area contributed by atoms with Gasteiger partial charge in [-0.1, -0.05) is 6.07 Å². The van der Waals surface area contributed by atoms with Gasteiger partial charge in [0.1, 0.15) is 11.6 Å². The number of carbonyl (C=O) groups excluding carboxylic acids is 1. The SMILES string of the molecule is CCN(CC(C)C#N)C(=O)COc1cccc(F)c1. The fourth-order valence-electron chi connectivity index (χ4n) is 1.57. The molecule has 0 aliphatic carbocycles. The molecule has 4 nitrogen and oxygen atoms in total. The lowest BCUT2D eigenvalue weighted by Crippen LogP contribution is -2.37. The summed E-state index contributed by atoms with van der Waals surface area (Å²) in [6.45, 7) is 4.32. The fraction of sp³-hybridized carbons (Fsp3) is 0.429. The average molecular weight is 264 g/mol. The minimum Gasteiger partial charge on any atom is -0.484 e. The van der Waals surface area contributed by atoms with Crippen LogP contribution >= 0.6 is 0 Å². The largest absolute Gasteiger partial charge is 0.484 e. The Hall–Kier alpha value is -2.09. The third-order valence-electron chi connectivity index (χ3n) is 2.61. The van der Waals surface area contributed by atoms with Crippen molar-refractivity contribution in [3.63, 3.8) is 0 Å². The summed E-state index contributed by atoms with van der Waals surface area (Å²) in [5.74, 6) is -0.528. The Morgan fingerprint density at radius 1 is 1.58 bits per heavy atom. The summed E-state index contributed by atoms with van der Waals surface area (Å²) in [6.07, 6.45) is 0. The first-order valence-electron chi connectivity index (χ1n) is 6.12. The summed E-state index contributed by atoms with van der Waals surface area (Å²) in [5, 5.41) is 8.74. The molecular formula is C14H17FN2O2. The number of hydrogen-bond acceptors (Lipinski definition) is 3. The third kappa shape index (κ3) is 4.96. The number of nitrogens with zero attached hydrogens (tertiary/aromatic N) is 2. The molecule has 0 saturated heterocycles. The zero-order chi connectivity index (χ0) is 14.3. The van der Waals surface area contributed by atoms with E-state index >= 15 is 0 Å². The lowest BCUT2D eigenvalue weighted by molar-refractivity contribution is -0.133. The Balaban J connectivity index is 2.51. The molecule has 1 aromatic carbocycles. The number of halogens is 1. The maximum Gasteiger partial charge on any atom is 0.260 e. The first kappa shape index (κ1) is 15.0. The van der Waals surface area contributed by atoms with Crippen LogP contribution in [0.15, 0.2) is 24.3 Å². The van der Waals surface area contributed by atoms with E-state index in [1.807, 2.05) is 6.92 Å². The van der Waals surface area contributed by atoms with Crippen LogP contribution in [0, 0.1) is 23.1 Å². The van der Waals surface area contributed by atoms with Gasteiger partial charge in [0, 0.05) is 19.2 Å². The second-order valence-electron chi connectivity index (χ2n) is 4.21. The number of ether oxygens (including phenoxy) is 1. The first-order chi connectivity index (χ1) is 9.06. The molecule has 1 aromatic rings. The van der Waals surface area contributed by atoms with Crippen LogP contribution in [0.25, 0.3) is 0 Å². The van der Waals surface area contributed by atoms with Gasteiger partial charge in [-0.3, -0.25) is 4.79 Å². The molecule has 1 rings (SSSR count). The maximum absolute atomic E-state index is 12.9. The maximum atomic E-state index is 12.9. The summed E-state index contributed by atoms with van der Waals surface area (Å²) in [6, 6.07) is 7.72. The zero-order valence-electron chi connectivity index (χ0n) is 11.1. The number of rotatable bonds is 6. The van der Waals surface area contributed by atoms with E-state index < -0.39 is 5.82 Å². The topological polar surface area (TPSA) is 53.3 Å². The molecule has 0 heterocycles. The highest BCUT2D eigenvalue weighted by Gasteiger charge is 2.15. The van der Waals surface area contributed by atoms with E-state index in [0.717, 1.165) is 0 Å². The van der Waals surface area contributed by atoms with Gasteiger partial charge in [-0.2, -0.15) is 5.26 Å². The van der Waals surface area contributed by atoms with E-state index in [1.54, 1.807) is 17.9 Å². The molecule has 0 saturated carbocycles. The number of nitriles is 1. The molecule has 0 spiro atoms. The van der Waals surface area contributed by atoms with E-state index in [0.29, 0.717) is 18.8 Å². The van der Waals surface area contributed by atoms with Crippen molar-refractivity contribution in [1.82, 2.24) is 4.90 Å². The van der Waals surface area contributed by atoms with Crippen molar-refractivity contribution in [3.05, 3.63) is 30.1 Å². The van der Waals surface area contributed by atoms with E-state index in [1.165, 1.54) is 18.2 Å². The lowest BCUT2D eigenvalue weighted by Gasteiger charge is -2.21. The fourth-order valence-corrected chi connectivity index (χ4v) is 1.57. The van der Waals surface area contributed by atoms with Gasteiger partial charge in [-0.05, 0) is 26.0 Å². The summed E-state index contributed by atoms with van der Waals surface area (Å²) in [4.78, 5) is 13.4. The van der Waals surface area contributed by atoms with Crippen LogP contribution in [-0.4, -0.2) is 30.5 Å². The zero-order valence-corrected chi connectivity index (χ0v) is 11.1. The lowest BCUT2D eigenvalue weighted by atomic mass is 10.2. The minimum atomic E-state index is -0.407. The van der Waals surface area contributed by atoms with E-state index in [2.05, 4.69) is 6.07 Å². The van der Waals surface area contributed by atoms with Crippen molar-refractivity contribution in [3.8, 4) is 11.8 Å². The highest BCUT2D eigenvalue weighted by Crippen LogP contribution is 2.12. The van der Waals surface area contributed by atoms with Crippen molar-refractivity contribution in [2.75, 3.05) is 19.7 Å². The number of hydrogen-bond donors (Lipinski definition) is 0. The molecule has 102 valence electrons. The highest BCUT2D eigenvalue weighted by molar-refractivity contribution is 5.77. The molecule has 1 amide bonds. The molecule has 19 heavy (non-hydrogen) atoms. The van der Waals surface area contributed by atoms with Crippen molar-refractivity contribution >= 4 is 5.91 Å². The second kappa shape index (κ2) is 7.37. The Kier molecular flexibility index (Phi) is 5.80. The van der Waals surface area contributed by atoms with Gasteiger partial charge in [0.2, 0.25) is 0 Å². The second-order valence-corrected chi connectivity index (χ2v) is 4.21. The Bertz CT molecular complexity index is 471. The van der Waals surface area contributed by atoms with E-state index in [-0.39, 0.29) is 18.4 Å². The standard InChI is InChI=1S/C14H17FN2O2/c1-3-17(9-11(2)8-16)14(18)10-19-13-6-4-5-12(15)7-13/h4-7,11H,3,9-10H2,1-2H3. The Morgan fingerprint density at radius 3 is 2.89 bits per heavy atom. The van der Waals surface area contributed by atoms with Crippen molar-refractivity contribution in [2.45, 2.75) is 13.8 Å². The van der Waals surface area contributed by atoms with Crippen LogP contribution in [0.3, 0.4) is 0 Å². The number of carbonyl (C=O) groups is 1. The smallest absolute Gasteiger partial charge is 0.260 e. The van der Waals surface area contributed by atoms with Gasteiger partial charge in [-0.15, -0.1) is 0 Å². The van der Waals surface area contributed by atoms with Crippen LogP contribution in [-0.2, 0) is 4.79 Å². The highest BCUT2D eigenvalue weighted by atomic mass is 19.1. The first-order valence-corrected chi connectivity index (χ1v) is 6.12. The quantitative estimate of drug-likeness (QED) is 0.791. The Labute approximate surface area is 112 Å². The van der Waals surface area contributed by atoms with Gasteiger partial charge in [0.25, 0.3) is 5.91 Å². The molecule has 5 heteroatoms. The number of amides is 1. The molecule has 1 atom stereocenters. The monoisotopic (exact) mass is 264 g/mol. The van der Waals surface area contributed by atoms with Crippen molar-refractivity contribution < 1.29 is 13.9 Å². The number of benzene rings is 1. The summed E-state index contributed by atoms with van der Waals surface area (Å²) >= 11 is 0. The minimum absolute atomic E-state index is 0.157. The predicted molar refractivity (Wildman–Crippen MR) is 68.9 cm³/mol. The van der Waals surface area contributed by atoms with Crippen LogP contribution in [0.1, 0.15) is 13.8 Å². The molecule has 0 aliphatic rings. The van der Waals surface area contributed by atoms with Gasteiger partial charge >= 0.3 is 0 Å². The van der Waals surface area contributed by atoms with Gasteiger partial charge in [-0.25, -0.2) is 4.39 Å². The van der Waals surface area contributed by atoms with E-state index in [4.69, 9.17) is 10.00 Å². The molecule has 0 radical (unpaired) electrons. The number of likely N-dealkylation sites (N-methyl/N-ethyl adjacent to an activating group) is 1. The van der Waals surface area contributed by atoms with Gasteiger partial charge < -0.3 is 9.64 Å². The van der Waals surface area contributed by atoms with E-state index in [9.17, 15) is 9.18 Å². The Morgan fingerprint density at radius 2 is 2.32 bits per heavy atom. The van der Waals surface area contributed by atoms with Crippen LogP contribution in [0.2, 0.25) is 0 Å². The predicted octanol–water partition coefficient (Wildman–Crippen LogP) is 2.21. The molecule has 0 aliphatic heterocycles.